The van der Waals surface area contributed by atoms with Gasteiger partial charge < -0.3 is 0 Å². The van der Waals surface area contributed by atoms with E-state index in [0.717, 1.165) is 6.07 Å². The lowest BCUT2D eigenvalue weighted by Crippen LogP contribution is -2.04. The lowest BCUT2D eigenvalue weighted by Gasteiger charge is -1.98. The average Bonchev–Trinajstić information content (AvgIpc) is 2.18. The van der Waals surface area contributed by atoms with Crippen molar-refractivity contribution in [2.24, 2.45) is 0 Å². The molecule has 74 valence electrons. The van der Waals surface area contributed by atoms with Crippen molar-refractivity contribution in [3.8, 4) is 0 Å². The summed E-state index contributed by atoms with van der Waals surface area (Å²) < 4.78 is 0. The second-order valence-electron chi connectivity index (χ2n) is 2.34. The molecule has 6 nitrogen and oxygen atoms in total. The van der Waals surface area contributed by atoms with Gasteiger partial charge in [-0.1, -0.05) is 6.07 Å². The number of nitro benzene ring substituents is 1. The summed E-state index contributed by atoms with van der Waals surface area (Å²) in [4.78, 5) is 29.2. The van der Waals surface area contributed by atoms with Crippen LogP contribution in [-0.4, -0.2) is 18.0 Å². The molecule has 6 heteroatoms. The summed E-state index contributed by atoms with van der Waals surface area (Å²) in [5, 5.41) is 10.4. The van der Waals surface area contributed by atoms with Crippen LogP contribution in [0.2, 0.25) is 0 Å². The van der Waals surface area contributed by atoms with Crippen molar-refractivity contribution in [2.45, 2.75) is 0 Å². The Kier molecular flexibility index (Phi) is 3.14. The van der Waals surface area contributed by atoms with Crippen LogP contribution < -0.4 is 0 Å². The van der Waals surface area contributed by atoms with Gasteiger partial charge in [0.05, 0.1) is 17.6 Å². The predicted molar refractivity (Wildman–Crippen MR) is 45.5 cm³/mol. The molecule has 0 aromatic heterocycles. The molecule has 0 fully saturated rings. The number of rotatable bonds is 3. The lowest BCUT2D eigenvalue weighted by molar-refractivity contribution is -0.384. The van der Waals surface area contributed by atoms with E-state index in [1.165, 1.54) is 25.3 Å². The van der Waals surface area contributed by atoms with Crippen LogP contribution in [0.4, 0.5) is 5.69 Å². The first-order valence-electron chi connectivity index (χ1n) is 3.64. The first-order valence-corrected chi connectivity index (χ1v) is 3.64. The van der Waals surface area contributed by atoms with Gasteiger partial charge in [-0.05, 0) is 6.07 Å². The highest BCUT2D eigenvalue weighted by atomic mass is 17.2. The van der Waals surface area contributed by atoms with Crippen molar-refractivity contribution in [3.63, 3.8) is 0 Å². The third kappa shape index (κ3) is 2.27. The van der Waals surface area contributed by atoms with Crippen molar-refractivity contribution in [2.75, 3.05) is 7.11 Å². The number of nitrogens with zero attached hydrogens (tertiary/aromatic N) is 1. The van der Waals surface area contributed by atoms with E-state index in [0.29, 0.717) is 0 Å². The van der Waals surface area contributed by atoms with Crippen LogP contribution in [0, 0.1) is 10.1 Å². The standard InChI is InChI=1S/C8H7NO5/c1-13-14-8(10)6-3-2-4-7(5-6)9(11)12/h2-5H,1H3. The Morgan fingerprint density at radius 1 is 1.50 bits per heavy atom. The van der Waals surface area contributed by atoms with E-state index in [1.807, 2.05) is 0 Å². The second kappa shape index (κ2) is 4.33. The number of nitro groups is 1. The van der Waals surface area contributed by atoms with E-state index in [2.05, 4.69) is 9.78 Å². The molecule has 0 aliphatic carbocycles. The van der Waals surface area contributed by atoms with Gasteiger partial charge in [-0.3, -0.25) is 15.0 Å². The zero-order valence-electron chi connectivity index (χ0n) is 7.30. The molecule has 0 aliphatic rings. The quantitative estimate of drug-likeness (QED) is 0.414. The third-order valence-corrected chi connectivity index (χ3v) is 1.45. The normalized spacial score (nSPS) is 9.50. The van der Waals surface area contributed by atoms with E-state index >= 15 is 0 Å². The van der Waals surface area contributed by atoms with Gasteiger partial charge in [-0.25, -0.2) is 4.79 Å². The van der Waals surface area contributed by atoms with Crippen molar-refractivity contribution in [1.82, 2.24) is 0 Å². The second-order valence-corrected chi connectivity index (χ2v) is 2.34. The molecule has 0 spiro atoms. The largest absolute Gasteiger partial charge is 0.373 e. The Bertz CT molecular complexity index is 363. The van der Waals surface area contributed by atoms with Crippen LogP contribution in [0.25, 0.3) is 0 Å². The van der Waals surface area contributed by atoms with Gasteiger partial charge in [0, 0.05) is 12.1 Å². The summed E-state index contributed by atoms with van der Waals surface area (Å²) in [6, 6.07) is 5.18. The molecule has 0 radical (unpaired) electrons. The smallest absolute Gasteiger partial charge is 0.293 e. The van der Waals surface area contributed by atoms with E-state index in [1.54, 1.807) is 0 Å². The number of benzene rings is 1. The first kappa shape index (κ1) is 10.1. The van der Waals surface area contributed by atoms with Crippen molar-refractivity contribution in [3.05, 3.63) is 39.9 Å². The van der Waals surface area contributed by atoms with Gasteiger partial charge in [-0.2, -0.15) is 4.89 Å². The highest BCUT2D eigenvalue weighted by Crippen LogP contribution is 2.13. The summed E-state index contributed by atoms with van der Waals surface area (Å²) in [7, 11) is 1.18. The minimum absolute atomic E-state index is 0.0704. The summed E-state index contributed by atoms with van der Waals surface area (Å²) in [5.74, 6) is -0.767. The number of hydrogen-bond donors (Lipinski definition) is 0. The Balaban J connectivity index is 2.93. The monoisotopic (exact) mass is 197 g/mol. The fraction of sp³-hybridized carbons (Fsp3) is 0.125. The minimum atomic E-state index is -0.767. The number of non-ortho nitro benzene ring substituents is 1. The molecule has 0 heterocycles. The highest BCUT2D eigenvalue weighted by Gasteiger charge is 2.12. The van der Waals surface area contributed by atoms with Gasteiger partial charge in [0.1, 0.15) is 0 Å². The summed E-state index contributed by atoms with van der Waals surface area (Å²) in [6.07, 6.45) is 0. The molecule has 0 saturated heterocycles. The lowest BCUT2D eigenvalue weighted by atomic mass is 10.2. The van der Waals surface area contributed by atoms with Crippen LogP contribution in [-0.2, 0) is 9.78 Å². The molecule has 1 rings (SSSR count). The molecule has 0 aliphatic heterocycles. The Hall–Kier alpha value is -1.95. The van der Waals surface area contributed by atoms with Crippen LogP contribution >= 0.6 is 0 Å². The van der Waals surface area contributed by atoms with Crippen LogP contribution in [0.1, 0.15) is 10.4 Å². The first-order chi connectivity index (χ1) is 6.65. The van der Waals surface area contributed by atoms with Crippen molar-refractivity contribution in [1.29, 1.82) is 0 Å². The fourth-order valence-electron chi connectivity index (χ4n) is 0.870. The summed E-state index contributed by atoms with van der Waals surface area (Å²) >= 11 is 0. The van der Waals surface area contributed by atoms with E-state index < -0.39 is 10.9 Å². The van der Waals surface area contributed by atoms with Gasteiger partial charge in [-0.15, -0.1) is 0 Å². The maximum absolute atomic E-state index is 11.0. The van der Waals surface area contributed by atoms with Crippen LogP contribution in [0.5, 0.6) is 0 Å². The number of hydrogen-bond acceptors (Lipinski definition) is 5. The van der Waals surface area contributed by atoms with Gasteiger partial charge in [0.25, 0.3) is 5.69 Å². The zero-order chi connectivity index (χ0) is 10.6. The fourth-order valence-corrected chi connectivity index (χ4v) is 0.870. The molecular weight excluding hydrogens is 190 g/mol. The van der Waals surface area contributed by atoms with Crippen molar-refractivity contribution < 1.29 is 19.5 Å². The van der Waals surface area contributed by atoms with E-state index in [-0.39, 0.29) is 11.3 Å². The minimum Gasteiger partial charge on any atom is -0.293 e. The number of carbonyl (C=O) groups excluding carboxylic acids is 1. The number of carbonyl (C=O) groups is 1. The van der Waals surface area contributed by atoms with Gasteiger partial charge >= 0.3 is 5.97 Å². The molecular formula is C8H7NO5. The van der Waals surface area contributed by atoms with E-state index in [9.17, 15) is 14.9 Å². The predicted octanol–water partition coefficient (Wildman–Crippen LogP) is 1.31. The molecule has 0 unspecified atom stereocenters. The topological polar surface area (TPSA) is 78.7 Å². The molecule has 0 N–H and O–H groups in total. The van der Waals surface area contributed by atoms with Gasteiger partial charge in [0.15, 0.2) is 0 Å². The summed E-state index contributed by atoms with van der Waals surface area (Å²) in [6.45, 7) is 0. The molecule has 0 amide bonds. The van der Waals surface area contributed by atoms with Crippen molar-refractivity contribution >= 4 is 11.7 Å². The molecule has 0 bridgehead atoms. The van der Waals surface area contributed by atoms with Crippen LogP contribution in [0.15, 0.2) is 24.3 Å². The zero-order valence-corrected chi connectivity index (χ0v) is 7.30. The molecule has 0 atom stereocenters. The van der Waals surface area contributed by atoms with Gasteiger partial charge in [0.2, 0.25) is 0 Å². The maximum Gasteiger partial charge on any atom is 0.373 e. The highest BCUT2D eigenvalue weighted by molar-refractivity contribution is 5.89. The van der Waals surface area contributed by atoms with E-state index in [4.69, 9.17) is 0 Å². The Morgan fingerprint density at radius 2 is 2.21 bits per heavy atom. The third-order valence-electron chi connectivity index (χ3n) is 1.45. The summed E-state index contributed by atoms with van der Waals surface area (Å²) in [5.41, 5.74) is -0.100. The Labute approximate surface area is 79.1 Å². The Morgan fingerprint density at radius 3 is 2.79 bits per heavy atom. The molecule has 1 aromatic carbocycles. The average molecular weight is 197 g/mol. The molecule has 14 heavy (non-hydrogen) atoms. The SMILES string of the molecule is COOC(=O)c1cccc([N+](=O)[O-])c1. The van der Waals surface area contributed by atoms with Crippen LogP contribution in [0.3, 0.4) is 0 Å². The molecule has 1 aromatic rings. The molecule has 0 saturated carbocycles. The maximum atomic E-state index is 11.0.